The van der Waals surface area contributed by atoms with Gasteiger partial charge in [-0.25, -0.2) is 4.79 Å². The number of aromatic nitrogens is 1. The SMILES string of the molecule is COCCn1ccc2cc(NC(=O)N3CCO[C@@H](C)C3)ccc21. The second-order valence-electron chi connectivity index (χ2n) is 5.83. The average molecular weight is 317 g/mol. The van der Waals surface area contributed by atoms with Crippen LogP contribution in [-0.4, -0.2) is 55.0 Å². The van der Waals surface area contributed by atoms with Crippen LogP contribution in [0.4, 0.5) is 10.5 Å². The van der Waals surface area contributed by atoms with Crippen molar-refractivity contribution in [3.05, 3.63) is 30.5 Å². The summed E-state index contributed by atoms with van der Waals surface area (Å²) in [6.45, 7) is 5.33. The van der Waals surface area contributed by atoms with Gasteiger partial charge in [0.25, 0.3) is 0 Å². The van der Waals surface area contributed by atoms with E-state index < -0.39 is 0 Å². The number of hydrogen-bond acceptors (Lipinski definition) is 3. The van der Waals surface area contributed by atoms with Crippen molar-refractivity contribution in [3.63, 3.8) is 0 Å². The van der Waals surface area contributed by atoms with Crippen LogP contribution >= 0.6 is 0 Å². The number of benzene rings is 1. The number of hydrogen-bond donors (Lipinski definition) is 1. The van der Waals surface area contributed by atoms with E-state index in [1.807, 2.05) is 31.3 Å². The molecule has 0 aliphatic carbocycles. The fraction of sp³-hybridized carbons (Fsp3) is 0.471. The predicted octanol–water partition coefficient (Wildman–Crippen LogP) is 2.54. The van der Waals surface area contributed by atoms with Gasteiger partial charge in [0, 0.05) is 49.5 Å². The number of urea groups is 1. The van der Waals surface area contributed by atoms with Gasteiger partial charge >= 0.3 is 6.03 Å². The van der Waals surface area contributed by atoms with E-state index in [0.717, 1.165) is 23.1 Å². The van der Waals surface area contributed by atoms with Gasteiger partial charge in [0.2, 0.25) is 0 Å². The van der Waals surface area contributed by atoms with Gasteiger partial charge in [0.05, 0.1) is 19.3 Å². The summed E-state index contributed by atoms with van der Waals surface area (Å²) in [5, 5.41) is 4.08. The normalized spacial score (nSPS) is 18.3. The van der Waals surface area contributed by atoms with Crippen LogP contribution in [-0.2, 0) is 16.0 Å². The number of morpholine rings is 1. The minimum Gasteiger partial charge on any atom is -0.383 e. The van der Waals surface area contributed by atoms with Crippen molar-refractivity contribution in [2.24, 2.45) is 0 Å². The predicted molar refractivity (Wildman–Crippen MR) is 89.8 cm³/mol. The Morgan fingerprint density at radius 1 is 1.43 bits per heavy atom. The van der Waals surface area contributed by atoms with Crippen LogP contribution in [0.25, 0.3) is 10.9 Å². The van der Waals surface area contributed by atoms with Crippen molar-refractivity contribution in [3.8, 4) is 0 Å². The third-order valence-corrected chi connectivity index (χ3v) is 4.09. The molecule has 1 aromatic carbocycles. The molecule has 0 unspecified atom stereocenters. The number of fused-ring (bicyclic) bond motifs is 1. The first kappa shape index (κ1) is 15.8. The van der Waals surface area contributed by atoms with Gasteiger partial charge < -0.3 is 24.3 Å². The molecule has 1 atom stereocenters. The van der Waals surface area contributed by atoms with E-state index in [-0.39, 0.29) is 12.1 Å². The maximum absolute atomic E-state index is 12.3. The summed E-state index contributed by atoms with van der Waals surface area (Å²) in [4.78, 5) is 14.1. The summed E-state index contributed by atoms with van der Waals surface area (Å²) < 4.78 is 12.7. The van der Waals surface area contributed by atoms with Crippen molar-refractivity contribution in [1.29, 1.82) is 0 Å². The number of ether oxygens (including phenoxy) is 2. The van der Waals surface area contributed by atoms with Crippen LogP contribution in [0.5, 0.6) is 0 Å². The van der Waals surface area contributed by atoms with E-state index in [9.17, 15) is 4.79 Å². The molecule has 1 fully saturated rings. The highest BCUT2D eigenvalue weighted by atomic mass is 16.5. The Kier molecular flexibility index (Phi) is 4.83. The molecule has 6 heteroatoms. The molecule has 1 aliphatic heterocycles. The van der Waals surface area contributed by atoms with Gasteiger partial charge in [-0.05, 0) is 31.2 Å². The largest absolute Gasteiger partial charge is 0.383 e. The van der Waals surface area contributed by atoms with Crippen molar-refractivity contribution in [2.45, 2.75) is 19.6 Å². The topological polar surface area (TPSA) is 55.7 Å². The fourth-order valence-corrected chi connectivity index (χ4v) is 2.87. The van der Waals surface area contributed by atoms with E-state index in [0.29, 0.717) is 26.3 Å². The van der Waals surface area contributed by atoms with Gasteiger partial charge in [-0.3, -0.25) is 0 Å². The lowest BCUT2D eigenvalue weighted by molar-refractivity contribution is -0.00138. The van der Waals surface area contributed by atoms with Crippen molar-refractivity contribution in [1.82, 2.24) is 9.47 Å². The zero-order chi connectivity index (χ0) is 16.2. The Bertz CT molecular complexity index is 683. The molecule has 23 heavy (non-hydrogen) atoms. The number of nitrogens with one attached hydrogen (secondary N) is 1. The molecule has 0 bridgehead atoms. The summed E-state index contributed by atoms with van der Waals surface area (Å²) >= 11 is 0. The Morgan fingerprint density at radius 3 is 3.09 bits per heavy atom. The second kappa shape index (κ2) is 7.02. The lowest BCUT2D eigenvalue weighted by Gasteiger charge is -2.31. The minimum absolute atomic E-state index is 0.0710. The minimum atomic E-state index is -0.0710. The monoisotopic (exact) mass is 317 g/mol. The Labute approximate surface area is 136 Å². The molecule has 0 saturated carbocycles. The molecule has 3 rings (SSSR count). The Hall–Kier alpha value is -2.05. The molecule has 1 aliphatic rings. The second-order valence-corrected chi connectivity index (χ2v) is 5.83. The molecule has 6 nitrogen and oxygen atoms in total. The highest BCUT2D eigenvalue weighted by Crippen LogP contribution is 2.21. The lowest BCUT2D eigenvalue weighted by atomic mass is 10.2. The van der Waals surface area contributed by atoms with Crippen molar-refractivity contribution < 1.29 is 14.3 Å². The molecule has 2 amide bonds. The molecule has 0 radical (unpaired) electrons. The number of carbonyl (C=O) groups excluding carboxylic acids is 1. The fourth-order valence-electron chi connectivity index (χ4n) is 2.87. The van der Waals surface area contributed by atoms with Crippen molar-refractivity contribution >= 4 is 22.6 Å². The summed E-state index contributed by atoms with van der Waals surface area (Å²) in [5.41, 5.74) is 1.95. The third kappa shape index (κ3) is 3.65. The van der Waals surface area contributed by atoms with Gasteiger partial charge in [0.15, 0.2) is 0 Å². The van der Waals surface area contributed by atoms with Gasteiger partial charge in [-0.1, -0.05) is 0 Å². The molecule has 124 valence electrons. The van der Waals surface area contributed by atoms with Crippen LogP contribution in [0.1, 0.15) is 6.92 Å². The smallest absolute Gasteiger partial charge is 0.322 e. The summed E-state index contributed by atoms with van der Waals surface area (Å²) in [7, 11) is 1.70. The highest BCUT2D eigenvalue weighted by Gasteiger charge is 2.21. The number of methoxy groups -OCH3 is 1. The lowest BCUT2D eigenvalue weighted by Crippen LogP contribution is -2.46. The van der Waals surface area contributed by atoms with Gasteiger partial charge in [-0.2, -0.15) is 0 Å². The number of carbonyl (C=O) groups is 1. The Balaban J connectivity index is 1.69. The first-order valence-electron chi connectivity index (χ1n) is 7.93. The first-order valence-corrected chi connectivity index (χ1v) is 7.93. The molecular formula is C17H23N3O3. The molecule has 1 N–H and O–H groups in total. The number of nitrogens with zero attached hydrogens (tertiary/aromatic N) is 2. The molecule has 2 heterocycles. The standard InChI is InChI=1S/C17H23N3O3/c1-13-12-20(8-10-23-13)17(21)18-15-3-4-16-14(11-15)5-6-19(16)7-9-22-2/h3-6,11,13H,7-10,12H2,1-2H3,(H,18,21)/t13-/m0/s1. The molecule has 1 aromatic heterocycles. The quantitative estimate of drug-likeness (QED) is 0.943. The van der Waals surface area contributed by atoms with E-state index >= 15 is 0 Å². The van der Waals surface area contributed by atoms with E-state index in [1.54, 1.807) is 12.0 Å². The van der Waals surface area contributed by atoms with Gasteiger partial charge in [0.1, 0.15) is 0 Å². The third-order valence-electron chi connectivity index (χ3n) is 4.09. The summed E-state index contributed by atoms with van der Waals surface area (Å²) in [5.74, 6) is 0. The zero-order valence-corrected chi connectivity index (χ0v) is 13.6. The molecule has 0 spiro atoms. The highest BCUT2D eigenvalue weighted by molar-refractivity contribution is 5.93. The molecule has 2 aromatic rings. The average Bonchev–Trinajstić information content (AvgIpc) is 2.95. The number of anilines is 1. The van der Waals surface area contributed by atoms with Crippen LogP contribution < -0.4 is 5.32 Å². The molecular weight excluding hydrogens is 294 g/mol. The zero-order valence-electron chi connectivity index (χ0n) is 13.6. The molecule has 1 saturated heterocycles. The summed E-state index contributed by atoms with van der Waals surface area (Å²) in [6.07, 6.45) is 2.13. The first-order chi connectivity index (χ1) is 11.2. The maximum atomic E-state index is 12.3. The van der Waals surface area contributed by atoms with Crippen LogP contribution in [0.15, 0.2) is 30.5 Å². The van der Waals surface area contributed by atoms with E-state index in [2.05, 4.69) is 16.0 Å². The van der Waals surface area contributed by atoms with Crippen LogP contribution in [0.3, 0.4) is 0 Å². The van der Waals surface area contributed by atoms with Crippen LogP contribution in [0, 0.1) is 0 Å². The Morgan fingerprint density at radius 2 is 2.30 bits per heavy atom. The summed E-state index contributed by atoms with van der Waals surface area (Å²) in [6, 6.07) is 7.95. The van der Waals surface area contributed by atoms with Crippen LogP contribution in [0.2, 0.25) is 0 Å². The van der Waals surface area contributed by atoms with Crippen molar-refractivity contribution in [2.75, 3.05) is 38.7 Å². The number of amides is 2. The maximum Gasteiger partial charge on any atom is 0.322 e. The van der Waals surface area contributed by atoms with E-state index in [4.69, 9.17) is 9.47 Å². The van der Waals surface area contributed by atoms with E-state index in [1.165, 1.54) is 0 Å². The van der Waals surface area contributed by atoms with Gasteiger partial charge in [-0.15, -0.1) is 0 Å². The number of rotatable bonds is 4.